The van der Waals surface area contributed by atoms with Gasteiger partial charge in [-0.1, -0.05) is 50.5 Å². The van der Waals surface area contributed by atoms with Crippen LogP contribution in [0.3, 0.4) is 0 Å². The third-order valence-electron chi connectivity index (χ3n) is 4.16. The van der Waals surface area contributed by atoms with Crippen LogP contribution in [0, 0.1) is 19.8 Å². The molecule has 0 fully saturated rings. The first-order chi connectivity index (χ1) is 8.49. The van der Waals surface area contributed by atoms with Crippen LogP contribution in [0.4, 0.5) is 0 Å². The van der Waals surface area contributed by atoms with Gasteiger partial charge in [-0.25, -0.2) is 0 Å². The van der Waals surface area contributed by atoms with E-state index >= 15 is 0 Å². The SMILES string of the molecule is CCC(CC)C(C)NC(C)c1ccc(C)cc1C. The van der Waals surface area contributed by atoms with Crippen molar-refractivity contribution in [3.05, 3.63) is 34.9 Å². The van der Waals surface area contributed by atoms with Gasteiger partial charge in [0.25, 0.3) is 0 Å². The summed E-state index contributed by atoms with van der Waals surface area (Å²) >= 11 is 0. The average Bonchev–Trinajstić information content (AvgIpc) is 2.30. The fraction of sp³-hybridized carbons (Fsp3) is 0.647. The summed E-state index contributed by atoms with van der Waals surface area (Å²) in [7, 11) is 0. The first-order valence-corrected chi connectivity index (χ1v) is 7.32. The maximum Gasteiger partial charge on any atom is 0.0296 e. The zero-order valence-electron chi connectivity index (χ0n) is 12.9. The van der Waals surface area contributed by atoms with Gasteiger partial charge in [-0.15, -0.1) is 0 Å². The molecule has 102 valence electrons. The van der Waals surface area contributed by atoms with E-state index in [1.807, 2.05) is 0 Å². The summed E-state index contributed by atoms with van der Waals surface area (Å²) in [5.41, 5.74) is 4.17. The van der Waals surface area contributed by atoms with E-state index in [2.05, 4.69) is 65.1 Å². The molecule has 1 N–H and O–H groups in total. The maximum atomic E-state index is 3.76. The van der Waals surface area contributed by atoms with Gasteiger partial charge in [0.2, 0.25) is 0 Å². The maximum absolute atomic E-state index is 3.76. The molecule has 18 heavy (non-hydrogen) atoms. The van der Waals surface area contributed by atoms with E-state index in [0.717, 1.165) is 5.92 Å². The Bertz CT molecular complexity index is 366. The van der Waals surface area contributed by atoms with Crippen molar-refractivity contribution in [2.45, 2.75) is 66.5 Å². The van der Waals surface area contributed by atoms with Crippen molar-refractivity contribution in [3.8, 4) is 0 Å². The minimum Gasteiger partial charge on any atom is -0.307 e. The molecule has 0 saturated heterocycles. The highest BCUT2D eigenvalue weighted by Gasteiger charge is 2.17. The Hall–Kier alpha value is -0.820. The second kappa shape index (κ2) is 6.94. The van der Waals surface area contributed by atoms with Crippen molar-refractivity contribution in [2.75, 3.05) is 0 Å². The number of hydrogen-bond donors (Lipinski definition) is 1. The summed E-state index contributed by atoms with van der Waals surface area (Å²) < 4.78 is 0. The van der Waals surface area contributed by atoms with Crippen LogP contribution in [0.1, 0.15) is 63.3 Å². The highest BCUT2D eigenvalue weighted by Crippen LogP contribution is 2.21. The molecule has 0 bridgehead atoms. The van der Waals surface area contributed by atoms with Crippen molar-refractivity contribution >= 4 is 0 Å². The molecule has 0 saturated carbocycles. The molecule has 2 atom stereocenters. The lowest BCUT2D eigenvalue weighted by atomic mass is 9.93. The van der Waals surface area contributed by atoms with E-state index in [4.69, 9.17) is 0 Å². The molecule has 1 aromatic carbocycles. The van der Waals surface area contributed by atoms with Gasteiger partial charge in [-0.05, 0) is 44.7 Å². The predicted octanol–water partition coefficient (Wildman–Crippen LogP) is 4.78. The van der Waals surface area contributed by atoms with Gasteiger partial charge in [0.05, 0.1) is 0 Å². The van der Waals surface area contributed by atoms with Gasteiger partial charge in [0.1, 0.15) is 0 Å². The zero-order chi connectivity index (χ0) is 13.7. The highest BCUT2D eigenvalue weighted by atomic mass is 14.9. The molecule has 0 heterocycles. The third kappa shape index (κ3) is 3.84. The molecule has 0 amide bonds. The predicted molar refractivity (Wildman–Crippen MR) is 81.0 cm³/mol. The van der Waals surface area contributed by atoms with E-state index in [9.17, 15) is 0 Å². The summed E-state index contributed by atoms with van der Waals surface area (Å²) in [5, 5.41) is 3.76. The van der Waals surface area contributed by atoms with E-state index in [0.29, 0.717) is 12.1 Å². The first-order valence-electron chi connectivity index (χ1n) is 7.32. The number of rotatable bonds is 6. The fourth-order valence-corrected chi connectivity index (χ4v) is 2.93. The van der Waals surface area contributed by atoms with Crippen LogP contribution in [0.15, 0.2) is 18.2 Å². The van der Waals surface area contributed by atoms with Crippen LogP contribution < -0.4 is 5.32 Å². The van der Waals surface area contributed by atoms with Crippen molar-refractivity contribution < 1.29 is 0 Å². The fourth-order valence-electron chi connectivity index (χ4n) is 2.93. The Morgan fingerprint density at radius 2 is 1.67 bits per heavy atom. The molecule has 0 radical (unpaired) electrons. The molecule has 0 aromatic heterocycles. The topological polar surface area (TPSA) is 12.0 Å². The highest BCUT2D eigenvalue weighted by molar-refractivity contribution is 5.32. The van der Waals surface area contributed by atoms with Gasteiger partial charge in [0.15, 0.2) is 0 Å². The Morgan fingerprint density at radius 1 is 1.06 bits per heavy atom. The standard InChI is InChI=1S/C17H29N/c1-7-16(8-2)14(5)18-15(6)17-10-9-12(3)11-13(17)4/h9-11,14-16,18H,7-8H2,1-6H3. The van der Waals surface area contributed by atoms with Crippen molar-refractivity contribution in [1.82, 2.24) is 5.32 Å². The van der Waals surface area contributed by atoms with Gasteiger partial charge < -0.3 is 5.32 Å². The average molecular weight is 247 g/mol. The molecule has 0 aliphatic heterocycles. The molecular formula is C17H29N. The lowest BCUT2D eigenvalue weighted by molar-refractivity contribution is 0.330. The lowest BCUT2D eigenvalue weighted by Crippen LogP contribution is -2.35. The van der Waals surface area contributed by atoms with Crippen LogP contribution in [0.5, 0.6) is 0 Å². The van der Waals surface area contributed by atoms with E-state index in [1.165, 1.54) is 29.5 Å². The summed E-state index contributed by atoms with van der Waals surface area (Å²) in [6, 6.07) is 7.76. The molecule has 1 rings (SSSR count). The smallest absolute Gasteiger partial charge is 0.0296 e. The third-order valence-corrected chi connectivity index (χ3v) is 4.16. The summed E-state index contributed by atoms with van der Waals surface area (Å²) in [6.45, 7) is 13.5. The van der Waals surface area contributed by atoms with Crippen LogP contribution in [0.2, 0.25) is 0 Å². The van der Waals surface area contributed by atoms with Crippen molar-refractivity contribution in [3.63, 3.8) is 0 Å². The normalized spacial score (nSPS) is 14.8. The molecular weight excluding hydrogens is 218 g/mol. The molecule has 1 aromatic rings. The molecule has 2 unspecified atom stereocenters. The molecule has 1 heteroatoms. The summed E-state index contributed by atoms with van der Waals surface area (Å²) in [4.78, 5) is 0. The first kappa shape index (κ1) is 15.2. The van der Waals surface area contributed by atoms with Crippen LogP contribution in [-0.4, -0.2) is 6.04 Å². The van der Waals surface area contributed by atoms with E-state index in [-0.39, 0.29) is 0 Å². The Balaban J connectivity index is 2.72. The van der Waals surface area contributed by atoms with Gasteiger partial charge in [-0.3, -0.25) is 0 Å². The summed E-state index contributed by atoms with van der Waals surface area (Å²) in [5.74, 6) is 0.776. The largest absolute Gasteiger partial charge is 0.307 e. The van der Waals surface area contributed by atoms with Crippen LogP contribution in [-0.2, 0) is 0 Å². The van der Waals surface area contributed by atoms with Crippen molar-refractivity contribution in [1.29, 1.82) is 0 Å². The number of hydrogen-bond acceptors (Lipinski definition) is 1. The van der Waals surface area contributed by atoms with Gasteiger partial charge in [-0.2, -0.15) is 0 Å². The number of nitrogens with one attached hydrogen (secondary N) is 1. The lowest BCUT2D eigenvalue weighted by Gasteiger charge is -2.27. The minimum atomic E-state index is 0.432. The minimum absolute atomic E-state index is 0.432. The Morgan fingerprint density at radius 3 is 2.17 bits per heavy atom. The van der Waals surface area contributed by atoms with Crippen LogP contribution >= 0.6 is 0 Å². The molecule has 1 nitrogen and oxygen atoms in total. The van der Waals surface area contributed by atoms with E-state index in [1.54, 1.807) is 0 Å². The van der Waals surface area contributed by atoms with Crippen LogP contribution in [0.25, 0.3) is 0 Å². The monoisotopic (exact) mass is 247 g/mol. The Labute approximate surface area is 113 Å². The second-order valence-electron chi connectivity index (χ2n) is 5.61. The quantitative estimate of drug-likeness (QED) is 0.763. The number of benzene rings is 1. The van der Waals surface area contributed by atoms with Gasteiger partial charge >= 0.3 is 0 Å². The van der Waals surface area contributed by atoms with Gasteiger partial charge in [0, 0.05) is 12.1 Å². The Kier molecular flexibility index (Phi) is 5.87. The second-order valence-corrected chi connectivity index (χ2v) is 5.61. The molecule has 0 aliphatic rings. The molecule has 0 aliphatic carbocycles. The summed E-state index contributed by atoms with van der Waals surface area (Å²) in [6.07, 6.45) is 2.51. The van der Waals surface area contributed by atoms with E-state index < -0.39 is 0 Å². The molecule has 0 spiro atoms. The number of aryl methyl sites for hydroxylation is 2. The van der Waals surface area contributed by atoms with Crippen molar-refractivity contribution in [2.24, 2.45) is 5.92 Å². The zero-order valence-corrected chi connectivity index (χ0v) is 12.9.